The minimum Gasteiger partial charge on any atom is -0.455 e. The number of nitrogens with one attached hydrogen (secondary N) is 1. The molecule has 4 rings (SSSR count). The number of hydrogen-bond acceptors (Lipinski definition) is 8. The van der Waals surface area contributed by atoms with E-state index in [1.54, 1.807) is 35.9 Å². The summed E-state index contributed by atoms with van der Waals surface area (Å²) in [6, 6.07) is 8.79. The number of anilines is 1. The SMILES string of the molecule is C=C(C)[C@]1(CC)O[C@@H](n2cnc3c(NC(=O)c4ccccc4)ncnc32)[C@H](OC(C)=O)[C@@H]1OC. The van der Waals surface area contributed by atoms with E-state index in [0.29, 0.717) is 23.1 Å². The lowest BCUT2D eigenvalue weighted by atomic mass is 9.86. The van der Waals surface area contributed by atoms with Crippen LogP contribution in [0.15, 0.2) is 55.1 Å². The van der Waals surface area contributed by atoms with E-state index < -0.39 is 30.0 Å². The fourth-order valence-corrected chi connectivity index (χ4v) is 4.44. The molecule has 0 aliphatic carbocycles. The molecule has 0 saturated carbocycles. The molecule has 4 atom stereocenters. The molecule has 1 aromatic carbocycles. The summed E-state index contributed by atoms with van der Waals surface area (Å²) in [6.45, 7) is 9.25. The van der Waals surface area contributed by atoms with Gasteiger partial charge in [0.25, 0.3) is 5.91 Å². The lowest BCUT2D eigenvalue weighted by Gasteiger charge is -2.33. The van der Waals surface area contributed by atoms with Crippen LogP contribution in [-0.4, -0.2) is 56.3 Å². The summed E-state index contributed by atoms with van der Waals surface area (Å²) in [5.74, 6) is -0.537. The summed E-state index contributed by atoms with van der Waals surface area (Å²) < 4.78 is 19.6. The lowest BCUT2D eigenvalue weighted by molar-refractivity contribution is -0.156. The molecule has 1 saturated heterocycles. The highest BCUT2D eigenvalue weighted by molar-refractivity contribution is 6.06. The van der Waals surface area contributed by atoms with Gasteiger partial charge in [0, 0.05) is 19.6 Å². The van der Waals surface area contributed by atoms with Crippen molar-refractivity contribution in [2.24, 2.45) is 0 Å². The molecule has 0 bridgehead atoms. The van der Waals surface area contributed by atoms with Gasteiger partial charge in [0.1, 0.15) is 18.0 Å². The van der Waals surface area contributed by atoms with Crippen molar-refractivity contribution in [2.75, 3.05) is 12.4 Å². The van der Waals surface area contributed by atoms with E-state index in [-0.39, 0.29) is 11.7 Å². The minimum atomic E-state index is -0.881. The van der Waals surface area contributed by atoms with Crippen LogP contribution in [-0.2, 0) is 19.0 Å². The number of aromatic nitrogens is 4. The van der Waals surface area contributed by atoms with Crippen LogP contribution >= 0.6 is 0 Å². The van der Waals surface area contributed by atoms with Gasteiger partial charge in [-0.15, -0.1) is 0 Å². The summed E-state index contributed by atoms with van der Waals surface area (Å²) in [7, 11) is 1.55. The standard InChI is InChI=1S/C24H27N5O5/c1-6-24(14(2)3)19(32-5)18(33-15(4)30)23(34-24)29-13-27-17-20(25-12-26-21(17)29)28-22(31)16-10-8-7-9-11-16/h7-13,18-19,23H,2,6H2,1,3-5H3,(H,25,26,28,31)/t18-,19+,23-,24+/m1/s1. The van der Waals surface area contributed by atoms with Gasteiger partial charge in [0.2, 0.25) is 0 Å². The molecule has 2 aromatic heterocycles. The molecule has 1 aliphatic rings. The molecule has 0 unspecified atom stereocenters. The van der Waals surface area contributed by atoms with E-state index in [1.807, 2.05) is 19.9 Å². The molecule has 34 heavy (non-hydrogen) atoms. The summed E-state index contributed by atoms with van der Waals surface area (Å²) in [5.41, 5.74) is 1.13. The number of carbonyl (C=O) groups is 2. The van der Waals surface area contributed by atoms with Gasteiger partial charge in [-0.25, -0.2) is 15.0 Å². The fraction of sp³-hybridized carbons (Fsp3) is 0.375. The summed E-state index contributed by atoms with van der Waals surface area (Å²) >= 11 is 0. The van der Waals surface area contributed by atoms with Crippen LogP contribution in [0.2, 0.25) is 0 Å². The predicted octanol–water partition coefficient (Wildman–Crippen LogP) is 3.28. The number of amides is 1. The van der Waals surface area contributed by atoms with Crippen LogP contribution < -0.4 is 5.32 Å². The molecule has 1 fully saturated rings. The Morgan fingerprint density at radius 3 is 2.56 bits per heavy atom. The van der Waals surface area contributed by atoms with Crippen molar-refractivity contribution in [3.8, 4) is 0 Å². The normalized spacial score (nSPS) is 24.2. The first-order valence-electron chi connectivity index (χ1n) is 10.9. The Labute approximate surface area is 197 Å². The van der Waals surface area contributed by atoms with E-state index >= 15 is 0 Å². The zero-order chi connectivity index (χ0) is 24.5. The average molecular weight is 466 g/mol. The number of nitrogens with zero attached hydrogens (tertiary/aromatic N) is 4. The second-order valence-electron chi connectivity index (χ2n) is 8.13. The van der Waals surface area contributed by atoms with Crippen LogP contribution in [0.1, 0.15) is 43.8 Å². The Kier molecular flexibility index (Phi) is 6.45. The number of esters is 1. The predicted molar refractivity (Wildman–Crippen MR) is 124 cm³/mol. The molecule has 0 spiro atoms. The summed E-state index contributed by atoms with van der Waals surface area (Å²) in [4.78, 5) is 37.6. The Hall–Kier alpha value is -3.63. The quantitative estimate of drug-likeness (QED) is 0.417. The Balaban J connectivity index is 1.75. The first-order valence-corrected chi connectivity index (χ1v) is 10.9. The van der Waals surface area contributed by atoms with Crippen molar-refractivity contribution in [1.29, 1.82) is 0 Å². The van der Waals surface area contributed by atoms with Crippen molar-refractivity contribution >= 4 is 28.9 Å². The number of rotatable bonds is 7. The average Bonchev–Trinajstić information content (AvgIpc) is 3.39. The van der Waals surface area contributed by atoms with Gasteiger partial charge in [-0.2, -0.15) is 0 Å². The number of benzene rings is 1. The topological polar surface area (TPSA) is 117 Å². The van der Waals surface area contributed by atoms with Gasteiger partial charge < -0.3 is 19.5 Å². The largest absolute Gasteiger partial charge is 0.455 e. The van der Waals surface area contributed by atoms with Gasteiger partial charge in [-0.3, -0.25) is 14.2 Å². The third-order valence-electron chi connectivity index (χ3n) is 6.07. The molecule has 0 radical (unpaired) electrons. The smallest absolute Gasteiger partial charge is 0.303 e. The molecule has 10 heteroatoms. The van der Waals surface area contributed by atoms with Crippen molar-refractivity contribution in [2.45, 2.75) is 51.2 Å². The maximum Gasteiger partial charge on any atom is 0.303 e. The van der Waals surface area contributed by atoms with Gasteiger partial charge in [0.05, 0.1) is 6.33 Å². The van der Waals surface area contributed by atoms with Gasteiger partial charge in [-0.05, 0) is 31.1 Å². The Morgan fingerprint density at radius 2 is 1.94 bits per heavy atom. The minimum absolute atomic E-state index is 0.254. The highest BCUT2D eigenvalue weighted by atomic mass is 16.6. The van der Waals surface area contributed by atoms with Crippen molar-refractivity contribution in [3.63, 3.8) is 0 Å². The van der Waals surface area contributed by atoms with E-state index in [4.69, 9.17) is 14.2 Å². The summed E-state index contributed by atoms with van der Waals surface area (Å²) in [6.07, 6.45) is 1.23. The molecule has 3 heterocycles. The molecular weight excluding hydrogens is 438 g/mol. The molecule has 3 aromatic rings. The fourth-order valence-electron chi connectivity index (χ4n) is 4.44. The number of imidazole rings is 1. The summed E-state index contributed by atoms with van der Waals surface area (Å²) in [5, 5.41) is 2.78. The molecule has 1 aliphatic heterocycles. The third kappa shape index (κ3) is 3.95. The molecular formula is C24H27N5O5. The van der Waals surface area contributed by atoms with Gasteiger partial charge >= 0.3 is 5.97 Å². The number of ether oxygens (including phenoxy) is 3. The van der Waals surface area contributed by atoms with Crippen LogP contribution in [0.5, 0.6) is 0 Å². The number of hydrogen-bond donors (Lipinski definition) is 1. The van der Waals surface area contributed by atoms with E-state index in [0.717, 1.165) is 5.57 Å². The lowest BCUT2D eigenvalue weighted by Crippen LogP contribution is -2.46. The van der Waals surface area contributed by atoms with E-state index in [9.17, 15) is 9.59 Å². The monoisotopic (exact) mass is 465 g/mol. The first kappa shape index (κ1) is 23.5. The molecule has 1 amide bonds. The Morgan fingerprint density at radius 1 is 1.21 bits per heavy atom. The maximum atomic E-state index is 12.7. The molecule has 178 valence electrons. The second kappa shape index (κ2) is 9.32. The highest BCUT2D eigenvalue weighted by Crippen LogP contribution is 2.46. The van der Waals surface area contributed by atoms with Crippen molar-refractivity contribution in [3.05, 3.63) is 60.7 Å². The second-order valence-corrected chi connectivity index (χ2v) is 8.13. The van der Waals surface area contributed by atoms with Gasteiger partial charge in [0.15, 0.2) is 29.3 Å². The zero-order valence-electron chi connectivity index (χ0n) is 19.5. The first-order chi connectivity index (χ1) is 16.3. The van der Waals surface area contributed by atoms with Gasteiger partial charge in [-0.1, -0.05) is 31.7 Å². The molecule has 1 N–H and O–H groups in total. The number of fused-ring (bicyclic) bond motifs is 1. The maximum absolute atomic E-state index is 12.7. The van der Waals surface area contributed by atoms with E-state index in [1.165, 1.54) is 19.6 Å². The van der Waals surface area contributed by atoms with Crippen molar-refractivity contribution < 1.29 is 23.8 Å². The molecule has 10 nitrogen and oxygen atoms in total. The van der Waals surface area contributed by atoms with Crippen LogP contribution in [0.4, 0.5) is 5.82 Å². The zero-order valence-corrected chi connectivity index (χ0v) is 19.5. The van der Waals surface area contributed by atoms with E-state index in [2.05, 4.69) is 26.8 Å². The van der Waals surface area contributed by atoms with Crippen LogP contribution in [0, 0.1) is 0 Å². The van der Waals surface area contributed by atoms with Crippen LogP contribution in [0.3, 0.4) is 0 Å². The van der Waals surface area contributed by atoms with Crippen LogP contribution in [0.25, 0.3) is 11.2 Å². The Bertz CT molecular complexity index is 1230. The third-order valence-corrected chi connectivity index (χ3v) is 6.07. The van der Waals surface area contributed by atoms with Crippen molar-refractivity contribution in [1.82, 2.24) is 19.5 Å². The highest BCUT2D eigenvalue weighted by Gasteiger charge is 2.58. The number of carbonyl (C=O) groups excluding carboxylic acids is 2. The number of methoxy groups -OCH3 is 1.